The highest BCUT2D eigenvalue weighted by atomic mass is 16.5. The Hall–Kier alpha value is -1.12. The molecule has 62 valence electrons. The Morgan fingerprint density at radius 1 is 1.45 bits per heavy atom. The summed E-state index contributed by atoms with van der Waals surface area (Å²) in [6, 6.07) is 0. The zero-order valence-electron chi connectivity index (χ0n) is 6.85. The van der Waals surface area contributed by atoms with Crippen LogP contribution < -0.4 is 0 Å². The Bertz CT molecular complexity index is 182. The fourth-order valence-corrected chi connectivity index (χ4v) is 0.371. The first kappa shape index (κ1) is 9.88. The van der Waals surface area contributed by atoms with E-state index >= 15 is 0 Å². The summed E-state index contributed by atoms with van der Waals surface area (Å²) >= 11 is 0. The standard InChI is InChI=1S/C8H12O3/c1-4-7(9)5-11-8(10)6(2)3/h2,4-5H2,1,3H3. The predicted octanol–water partition coefficient (Wildman–Crippen LogP) is 1.08. The molecule has 0 aromatic carbocycles. The molecule has 0 fully saturated rings. The van der Waals surface area contributed by atoms with Gasteiger partial charge in [0.15, 0.2) is 5.78 Å². The second-order valence-corrected chi connectivity index (χ2v) is 2.25. The molecule has 0 bridgehead atoms. The molecule has 0 saturated heterocycles. The maximum absolute atomic E-state index is 10.7. The fourth-order valence-electron chi connectivity index (χ4n) is 0.371. The van der Waals surface area contributed by atoms with Crippen LogP contribution in [0.15, 0.2) is 12.2 Å². The highest BCUT2D eigenvalue weighted by Gasteiger charge is 2.05. The van der Waals surface area contributed by atoms with Crippen molar-refractivity contribution in [3.05, 3.63) is 12.2 Å². The van der Waals surface area contributed by atoms with Crippen LogP contribution in [0.25, 0.3) is 0 Å². The van der Waals surface area contributed by atoms with Crippen LogP contribution in [-0.2, 0) is 14.3 Å². The Morgan fingerprint density at radius 2 is 2.00 bits per heavy atom. The molecular weight excluding hydrogens is 144 g/mol. The summed E-state index contributed by atoms with van der Waals surface area (Å²) in [6.07, 6.45) is 0.392. The van der Waals surface area contributed by atoms with Crippen molar-refractivity contribution in [3.8, 4) is 0 Å². The maximum Gasteiger partial charge on any atom is 0.333 e. The van der Waals surface area contributed by atoms with E-state index < -0.39 is 5.97 Å². The van der Waals surface area contributed by atoms with Gasteiger partial charge < -0.3 is 4.74 Å². The Balaban J connectivity index is 3.63. The fraction of sp³-hybridized carbons (Fsp3) is 0.500. The van der Waals surface area contributed by atoms with Crippen LogP contribution in [0.4, 0.5) is 0 Å². The molecular formula is C8H12O3. The van der Waals surface area contributed by atoms with Gasteiger partial charge in [-0.1, -0.05) is 13.5 Å². The van der Waals surface area contributed by atoms with Gasteiger partial charge in [-0.3, -0.25) is 4.79 Å². The van der Waals surface area contributed by atoms with E-state index in [2.05, 4.69) is 11.3 Å². The first-order valence-electron chi connectivity index (χ1n) is 3.42. The van der Waals surface area contributed by atoms with Crippen LogP contribution >= 0.6 is 0 Å². The number of carbonyl (C=O) groups is 2. The van der Waals surface area contributed by atoms with Crippen LogP contribution in [0.5, 0.6) is 0 Å². The molecule has 0 atom stereocenters. The highest BCUT2D eigenvalue weighted by molar-refractivity contribution is 5.89. The number of hydrogen-bond acceptors (Lipinski definition) is 3. The monoisotopic (exact) mass is 156 g/mol. The van der Waals surface area contributed by atoms with Crippen LogP contribution in [0.1, 0.15) is 20.3 Å². The summed E-state index contributed by atoms with van der Waals surface area (Å²) in [5.74, 6) is -0.591. The van der Waals surface area contributed by atoms with E-state index in [4.69, 9.17) is 0 Å². The molecule has 0 amide bonds. The van der Waals surface area contributed by atoms with Crippen molar-refractivity contribution in [2.45, 2.75) is 20.3 Å². The molecule has 0 saturated carbocycles. The normalized spacial score (nSPS) is 8.91. The first-order chi connectivity index (χ1) is 5.07. The highest BCUT2D eigenvalue weighted by Crippen LogP contribution is 1.92. The van der Waals surface area contributed by atoms with Gasteiger partial charge in [0.25, 0.3) is 0 Å². The van der Waals surface area contributed by atoms with Crippen molar-refractivity contribution in [2.75, 3.05) is 6.61 Å². The van der Waals surface area contributed by atoms with E-state index in [9.17, 15) is 9.59 Å². The van der Waals surface area contributed by atoms with Gasteiger partial charge in [-0.15, -0.1) is 0 Å². The van der Waals surface area contributed by atoms with Gasteiger partial charge in [0.2, 0.25) is 0 Å². The van der Waals surface area contributed by atoms with Crippen LogP contribution in [-0.4, -0.2) is 18.4 Å². The van der Waals surface area contributed by atoms with Gasteiger partial charge in [0.05, 0.1) is 0 Å². The number of ether oxygens (including phenoxy) is 1. The third-order valence-electron chi connectivity index (χ3n) is 1.11. The molecule has 3 nitrogen and oxygen atoms in total. The topological polar surface area (TPSA) is 43.4 Å². The molecule has 0 N–H and O–H groups in total. The third-order valence-corrected chi connectivity index (χ3v) is 1.11. The quantitative estimate of drug-likeness (QED) is 0.452. The van der Waals surface area contributed by atoms with Crippen LogP contribution in [0.3, 0.4) is 0 Å². The minimum Gasteiger partial charge on any atom is -0.454 e. The van der Waals surface area contributed by atoms with Gasteiger partial charge in [0.1, 0.15) is 6.61 Å². The average molecular weight is 156 g/mol. The van der Waals surface area contributed by atoms with Crippen molar-refractivity contribution in [2.24, 2.45) is 0 Å². The number of Topliss-reactive ketones (excluding diaryl/α,β-unsaturated/α-hetero) is 1. The lowest BCUT2D eigenvalue weighted by Crippen LogP contribution is -2.12. The van der Waals surface area contributed by atoms with Crippen molar-refractivity contribution in [1.82, 2.24) is 0 Å². The van der Waals surface area contributed by atoms with Crippen LogP contribution in [0.2, 0.25) is 0 Å². The number of ketones is 1. The van der Waals surface area contributed by atoms with Crippen molar-refractivity contribution >= 4 is 11.8 Å². The SMILES string of the molecule is C=C(C)C(=O)OCC(=O)CC. The van der Waals surface area contributed by atoms with Crippen molar-refractivity contribution < 1.29 is 14.3 Å². The molecule has 0 aliphatic heterocycles. The van der Waals surface area contributed by atoms with Crippen LogP contribution in [0, 0.1) is 0 Å². The Morgan fingerprint density at radius 3 is 2.36 bits per heavy atom. The number of carbonyl (C=O) groups excluding carboxylic acids is 2. The van der Waals surface area contributed by atoms with Gasteiger partial charge >= 0.3 is 5.97 Å². The molecule has 0 aromatic rings. The summed E-state index contributed by atoms with van der Waals surface area (Å²) in [5.41, 5.74) is 0.314. The van der Waals surface area contributed by atoms with E-state index in [1.165, 1.54) is 0 Å². The van der Waals surface area contributed by atoms with E-state index in [1.807, 2.05) is 0 Å². The van der Waals surface area contributed by atoms with E-state index in [0.29, 0.717) is 12.0 Å². The van der Waals surface area contributed by atoms with E-state index in [1.54, 1.807) is 13.8 Å². The molecule has 0 aliphatic carbocycles. The van der Waals surface area contributed by atoms with Gasteiger partial charge in [-0.25, -0.2) is 4.79 Å². The summed E-state index contributed by atoms with van der Waals surface area (Å²) in [5, 5.41) is 0. The second-order valence-electron chi connectivity index (χ2n) is 2.25. The largest absolute Gasteiger partial charge is 0.454 e. The minimum atomic E-state index is -0.508. The van der Waals surface area contributed by atoms with Gasteiger partial charge in [-0.05, 0) is 6.92 Å². The van der Waals surface area contributed by atoms with Gasteiger partial charge in [-0.2, -0.15) is 0 Å². The zero-order chi connectivity index (χ0) is 8.85. The Labute approximate surface area is 66.0 Å². The number of rotatable bonds is 4. The molecule has 0 spiro atoms. The average Bonchev–Trinajstić information content (AvgIpc) is 1.99. The first-order valence-corrected chi connectivity index (χ1v) is 3.42. The summed E-state index contributed by atoms with van der Waals surface area (Å²) < 4.78 is 4.57. The molecule has 0 radical (unpaired) electrons. The lowest BCUT2D eigenvalue weighted by Gasteiger charge is -2.00. The Kier molecular flexibility index (Phi) is 4.18. The summed E-state index contributed by atoms with van der Waals surface area (Å²) in [6.45, 7) is 6.50. The lowest BCUT2D eigenvalue weighted by atomic mass is 10.3. The third kappa shape index (κ3) is 4.31. The molecule has 0 heterocycles. The maximum atomic E-state index is 10.7. The zero-order valence-corrected chi connectivity index (χ0v) is 6.85. The molecule has 3 heteroatoms. The molecule has 0 rings (SSSR count). The second kappa shape index (κ2) is 4.66. The molecule has 0 unspecified atom stereocenters. The molecule has 11 heavy (non-hydrogen) atoms. The minimum absolute atomic E-state index is 0.0837. The molecule has 0 aliphatic rings. The smallest absolute Gasteiger partial charge is 0.333 e. The van der Waals surface area contributed by atoms with Crippen molar-refractivity contribution in [1.29, 1.82) is 0 Å². The number of hydrogen-bond donors (Lipinski definition) is 0. The van der Waals surface area contributed by atoms with E-state index in [0.717, 1.165) is 0 Å². The summed E-state index contributed by atoms with van der Waals surface area (Å²) in [4.78, 5) is 21.3. The van der Waals surface area contributed by atoms with Crippen molar-refractivity contribution in [3.63, 3.8) is 0 Å². The van der Waals surface area contributed by atoms with E-state index in [-0.39, 0.29) is 12.4 Å². The lowest BCUT2D eigenvalue weighted by molar-refractivity contribution is -0.143. The number of esters is 1. The predicted molar refractivity (Wildman–Crippen MR) is 41.1 cm³/mol. The summed E-state index contributed by atoms with van der Waals surface area (Å²) in [7, 11) is 0. The van der Waals surface area contributed by atoms with Gasteiger partial charge in [0, 0.05) is 12.0 Å². The molecule has 0 aromatic heterocycles.